The molecule has 1 rings (SSSR count). The molecule has 0 aromatic carbocycles. The second kappa shape index (κ2) is 3.49. The molecule has 1 aromatic rings. The van der Waals surface area contributed by atoms with Crippen LogP contribution in [-0.4, -0.2) is 29.9 Å². The summed E-state index contributed by atoms with van der Waals surface area (Å²) in [5.41, 5.74) is 0.619. The molecule has 0 aliphatic heterocycles. The topological polar surface area (TPSA) is 36.1 Å². The van der Waals surface area contributed by atoms with Crippen LogP contribution in [0.2, 0.25) is 0 Å². The van der Waals surface area contributed by atoms with Crippen LogP contribution in [0.25, 0.3) is 0 Å². The molecule has 1 N–H and O–H groups in total. The van der Waals surface area contributed by atoms with Crippen LogP contribution in [0.1, 0.15) is 10.4 Å². The van der Waals surface area contributed by atoms with Gasteiger partial charge in [0.1, 0.15) is 4.64 Å². The predicted molar refractivity (Wildman–Crippen MR) is 49.6 cm³/mol. The summed E-state index contributed by atoms with van der Waals surface area (Å²) in [6.45, 7) is 0. The molecular weight excluding hydrogens is 172 g/mol. The third kappa shape index (κ3) is 1.92. The average Bonchev–Trinajstić information content (AvgIpc) is 2.04. The summed E-state index contributed by atoms with van der Waals surface area (Å²) < 4.78 is 0.630. The van der Waals surface area contributed by atoms with Crippen molar-refractivity contribution >= 4 is 18.1 Å². The SMILES string of the molecule is CN(C)C(=O)c1ccc(=S)[nH]c1. The first-order valence-corrected chi connectivity index (χ1v) is 3.92. The van der Waals surface area contributed by atoms with Gasteiger partial charge in [0.05, 0.1) is 5.56 Å². The molecule has 0 saturated heterocycles. The zero-order valence-electron chi connectivity index (χ0n) is 7.00. The smallest absolute Gasteiger partial charge is 0.254 e. The number of aromatic amines is 1. The highest BCUT2D eigenvalue weighted by Crippen LogP contribution is 1.99. The molecule has 0 unspecified atom stereocenters. The molecule has 4 heteroatoms. The van der Waals surface area contributed by atoms with E-state index in [1.165, 1.54) is 4.90 Å². The van der Waals surface area contributed by atoms with E-state index in [4.69, 9.17) is 12.2 Å². The third-order valence-electron chi connectivity index (χ3n) is 1.44. The molecule has 0 radical (unpaired) electrons. The van der Waals surface area contributed by atoms with Crippen molar-refractivity contribution in [1.82, 2.24) is 9.88 Å². The van der Waals surface area contributed by atoms with E-state index in [1.54, 1.807) is 32.4 Å². The van der Waals surface area contributed by atoms with E-state index in [2.05, 4.69) is 4.98 Å². The van der Waals surface area contributed by atoms with Crippen LogP contribution in [0.5, 0.6) is 0 Å². The maximum atomic E-state index is 11.3. The summed E-state index contributed by atoms with van der Waals surface area (Å²) in [6.07, 6.45) is 1.62. The van der Waals surface area contributed by atoms with Crippen molar-refractivity contribution in [3.63, 3.8) is 0 Å². The van der Waals surface area contributed by atoms with Gasteiger partial charge < -0.3 is 9.88 Å². The number of carbonyl (C=O) groups excluding carboxylic acids is 1. The Bertz CT molecular complexity index is 323. The Labute approximate surface area is 76.0 Å². The Hall–Kier alpha value is -1.16. The van der Waals surface area contributed by atoms with E-state index in [0.29, 0.717) is 10.2 Å². The second-order valence-electron chi connectivity index (χ2n) is 2.64. The van der Waals surface area contributed by atoms with Gasteiger partial charge in [-0.25, -0.2) is 0 Å². The van der Waals surface area contributed by atoms with Gasteiger partial charge in [-0.1, -0.05) is 12.2 Å². The molecule has 1 amide bonds. The maximum Gasteiger partial charge on any atom is 0.254 e. The number of pyridine rings is 1. The van der Waals surface area contributed by atoms with E-state index in [-0.39, 0.29) is 5.91 Å². The van der Waals surface area contributed by atoms with E-state index in [0.717, 1.165) is 0 Å². The fourth-order valence-corrected chi connectivity index (χ4v) is 0.929. The molecule has 12 heavy (non-hydrogen) atoms. The Balaban J connectivity index is 2.98. The molecule has 0 atom stereocenters. The first-order valence-electron chi connectivity index (χ1n) is 3.51. The summed E-state index contributed by atoms with van der Waals surface area (Å²) in [6, 6.07) is 3.41. The van der Waals surface area contributed by atoms with Gasteiger partial charge in [-0.2, -0.15) is 0 Å². The molecular formula is C8H10N2OS. The molecule has 0 bridgehead atoms. The number of rotatable bonds is 1. The number of H-pyrrole nitrogens is 1. The molecule has 64 valence electrons. The highest BCUT2D eigenvalue weighted by Gasteiger charge is 2.05. The number of hydrogen-bond donors (Lipinski definition) is 1. The van der Waals surface area contributed by atoms with Crippen molar-refractivity contribution in [1.29, 1.82) is 0 Å². The van der Waals surface area contributed by atoms with Gasteiger partial charge in [-0.05, 0) is 12.1 Å². The lowest BCUT2D eigenvalue weighted by molar-refractivity contribution is 0.0827. The van der Waals surface area contributed by atoms with Crippen LogP contribution in [0.4, 0.5) is 0 Å². The van der Waals surface area contributed by atoms with Crippen LogP contribution in [0.3, 0.4) is 0 Å². The molecule has 0 saturated carbocycles. The Morgan fingerprint density at radius 3 is 2.58 bits per heavy atom. The van der Waals surface area contributed by atoms with Crippen molar-refractivity contribution in [2.24, 2.45) is 0 Å². The standard InChI is InChI=1S/C8H10N2OS/c1-10(2)8(11)6-3-4-7(12)9-5-6/h3-5H,1-2H3,(H,9,12). The first kappa shape index (κ1) is 8.93. The molecule has 0 fully saturated rings. The van der Waals surface area contributed by atoms with Gasteiger partial charge in [0, 0.05) is 20.3 Å². The minimum Gasteiger partial charge on any atom is -0.352 e. The summed E-state index contributed by atoms with van der Waals surface area (Å²) in [4.78, 5) is 15.7. The normalized spacial score (nSPS) is 9.50. The van der Waals surface area contributed by atoms with Crippen molar-refractivity contribution in [2.45, 2.75) is 0 Å². The summed E-state index contributed by atoms with van der Waals surface area (Å²) in [5.74, 6) is -0.0266. The van der Waals surface area contributed by atoms with E-state index in [1.807, 2.05) is 0 Å². The number of aromatic nitrogens is 1. The van der Waals surface area contributed by atoms with Crippen LogP contribution >= 0.6 is 12.2 Å². The third-order valence-corrected chi connectivity index (χ3v) is 1.69. The zero-order valence-corrected chi connectivity index (χ0v) is 7.81. The maximum absolute atomic E-state index is 11.3. The average molecular weight is 182 g/mol. The van der Waals surface area contributed by atoms with Crippen molar-refractivity contribution < 1.29 is 4.79 Å². The lowest BCUT2D eigenvalue weighted by atomic mass is 10.2. The van der Waals surface area contributed by atoms with E-state index < -0.39 is 0 Å². The van der Waals surface area contributed by atoms with Crippen LogP contribution in [0, 0.1) is 4.64 Å². The molecule has 0 aliphatic carbocycles. The van der Waals surface area contributed by atoms with Crippen LogP contribution in [0.15, 0.2) is 18.3 Å². The van der Waals surface area contributed by atoms with Crippen molar-refractivity contribution in [3.05, 3.63) is 28.5 Å². The number of carbonyl (C=O) groups is 1. The molecule has 1 aromatic heterocycles. The predicted octanol–water partition coefficient (Wildman–Crippen LogP) is 1.45. The zero-order chi connectivity index (χ0) is 9.14. The fourth-order valence-electron chi connectivity index (χ4n) is 0.802. The largest absolute Gasteiger partial charge is 0.352 e. The van der Waals surface area contributed by atoms with Gasteiger partial charge in [0.2, 0.25) is 0 Å². The number of nitrogens with zero attached hydrogens (tertiary/aromatic N) is 1. The van der Waals surface area contributed by atoms with Gasteiger partial charge >= 0.3 is 0 Å². The summed E-state index contributed by atoms with van der Waals surface area (Å²) in [7, 11) is 3.42. The quantitative estimate of drug-likeness (QED) is 0.667. The van der Waals surface area contributed by atoms with Crippen molar-refractivity contribution in [3.8, 4) is 0 Å². The summed E-state index contributed by atoms with van der Waals surface area (Å²) in [5, 5.41) is 0. The van der Waals surface area contributed by atoms with E-state index >= 15 is 0 Å². The Morgan fingerprint density at radius 2 is 2.17 bits per heavy atom. The first-order chi connectivity index (χ1) is 5.61. The number of nitrogens with one attached hydrogen (secondary N) is 1. The van der Waals surface area contributed by atoms with Gasteiger partial charge in [0.25, 0.3) is 5.91 Å². The van der Waals surface area contributed by atoms with Gasteiger partial charge in [-0.3, -0.25) is 4.79 Å². The molecule has 0 spiro atoms. The monoisotopic (exact) mass is 182 g/mol. The lowest BCUT2D eigenvalue weighted by Gasteiger charge is -2.08. The second-order valence-corrected chi connectivity index (χ2v) is 3.08. The van der Waals surface area contributed by atoms with Crippen molar-refractivity contribution in [2.75, 3.05) is 14.1 Å². The lowest BCUT2D eigenvalue weighted by Crippen LogP contribution is -2.21. The fraction of sp³-hybridized carbons (Fsp3) is 0.250. The van der Waals surface area contributed by atoms with Crippen LogP contribution in [-0.2, 0) is 0 Å². The highest BCUT2D eigenvalue weighted by atomic mass is 32.1. The molecule has 1 heterocycles. The van der Waals surface area contributed by atoms with Gasteiger partial charge in [-0.15, -0.1) is 0 Å². The minimum absolute atomic E-state index is 0.0266. The molecule has 3 nitrogen and oxygen atoms in total. The Kier molecular flexibility index (Phi) is 2.60. The minimum atomic E-state index is -0.0266. The van der Waals surface area contributed by atoms with Gasteiger partial charge in [0.15, 0.2) is 0 Å². The number of amides is 1. The van der Waals surface area contributed by atoms with Crippen LogP contribution < -0.4 is 0 Å². The highest BCUT2D eigenvalue weighted by molar-refractivity contribution is 7.71. The summed E-state index contributed by atoms with van der Waals surface area (Å²) >= 11 is 4.84. The number of hydrogen-bond acceptors (Lipinski definition) is 2. The Morgan fingerprint density at radius 1 is 1.50 bits per heavy atom. The van der Waals surface area contributed by atoms with E-state index in [9.17, 15) is 4.79 Å². The molecule has 0 aliphatic rings.